The smallest absolute Gasteiger partial charge is 0.0880 e. The number of hydrogen-bond donors (Lipinski definition) is 2. The minimum atomic E-state index is -0.535. The third-order valence-corrected chi connectivity index (χ3v) is 2.65. The summed E-state index contributed by atoms with van der Waals surface area (Å²) >= 11 is 0. The van der Waals surface area contributed by atoms with Crippen LogP contribution in [0.4, 0.5) is 0 Å². The van der Waals surface area contributed by atoms with Crippen LogP contribution >= 0.6 is 0 Å². The van der Waals surface area contributed by atoms with Crippen LogP contribution in [0.2, 0.25) is 0 Å². The van der Waals surface area contributed by atoms with Gasteiger partial charge in [-0.2, -0.15) is 0 Å². The lowest BCUT2D eigenvalue weighted by Gasteiger charge is -2.31. The van der Waals surface area contributed by atoms with Crippen molar-refractivity contribution < 1.29 is 9.84 Å². The molecule has 3 nitrogen and oxygen atoms in total. The third-order valence-electron chi connectivity index (χ3n) is 2.65. The van der Waals surface area contributed by atoms with Crippen LogP contribution < -0.4 is 5.73 Å². The molecule has 78 valence electrons. The van der Waals surface area contributed by atoms with Crippen molar-refractivity contribution in [2.45, 2.75) is 44.1 Å². The van der Waals surface area contributed by atoms with E-state index in [0.717, 1.165) is 32.1 Å². The Labute approximate surface area is 80.3 Å². The molecule has 0 spiro atoms. The molecule has 1 fully saturated rings. The lowest BCUT2D eigenvalue weighted by Crippen LogP contribution is -2.36. The molecule has 0 amide bonds. The Hall–Kier alpha value is -0.120. The fourth-order valence-electron chi connectivity index (χ4n) is 1.80. The Balaban J connectivity index is 2.10. The van der Waals surface area contributed by atoms with Crippen LogP contribution in [-0.2, 0) is 4.74 Å². The van der Waals surface area contributed by atoms with E-state index >= 15 is 0 Å². The fourth-order valence-corrected chi connectivity index (χ4v) is 1.80. The quantitative estimate of drug-likeness (QED) is 0.632. The predicted octanol–water partition coefficient (Wildman–Crippen LogP) is 1.05. The maximum atomic E-state index is 10.0. The van der Waals surface area contributed by atoms with Gasteiger partial charge < -0.3 is 15.6 Å². The number of rotatable bonds is 5. The molecule has 0 atom stereocenters. The van der Waals surface area contributed by atoms with Gasteiger partial charge in [0.15, 0.2) is 0 Å². The topological polar surface area (TPSA) is 55.5 Å². The van der Waals surface area contributed by atoms with Crippen molar-refractivity contribution >= 4 is 0 Å². The van der Waals surface area contributed by atoms with Gasteiger partial charge in [-0.1, -0.05) is 19.3 Å². The average Bonchev–Trinajstić information content (AvgIpc) is 2.14. The Bertz CT molecular complexity index is 133. The average molecular weight is 187 g/mol. The molecule has 13 heavy (non-hydrogen) atoms. The molecule has 0 aromatic rings. The van der Waals surface area contributed by atoms with Crippen LogP contribution in [-0.4, -0.2) is 30.5 Å². The highest BCUT2D eigenvalue weighted by Crippen LogP contribution is 2.27. The first-order chi connectivity index (χ1) is 6.27. The van der Waals surface area contributed by atoms with Crippen LogP contribution in [0.15, 0.2) is 0 Å². The molecule has 3 heteroatoms. The van der Waals surface area contributed by atoms with E-state index in [1.54, 1.807) is 0 Å². The van der Waals surface area contributed by atoms with E-state index in [-0.39, 0.29) is 0 Å². The number of ether oxygens (including phenoxy) is 1. The minimum absolute atomic E-state index is 0.493. The lowest BCUT2D eigenvalue weighted by atomic mass is 9.86. The Morgan fingerprint density at radius 2 is 1.92 bits per heavy atom. The van der Waals surface area contributed by atoms with E-state index in [9.17, 15) is 5.11 Å². The molecular formula is C10H21NO2. The van der Waals surface area contributed by atoms with Crippen molar-refractivity contribution in [3.05, 3.63) is 0 Å². The first kappa shape index (κ1) is 11.0. The van der Waals surface area contributed by atoms with Gasteiger partial charge in [0.1, 0.15) is 0 Å². The number of aliphatic hydroxyl groups is 1. The summed E-state index contributed by atoms with van der Waals surface area (Å²) < 4.78 is 5.39. The summed E-state index contributed by atoms with van der Waals surface area (Å²) in [4.78, 5) is 0. The van der Waals surface area contributed by atoms with E-state index in [4.69, 9.17) is 10.5 Å². The molecule has 1 saturated carbocycles. The Morgan fingerprint density at radius 1 is 1.23 bits per heavy atom. The Kier molecular flexibility index (Phi) is 4.70. The van der Waals surface area contributed by atoms with Crippen molar-refractivity contribution in [2.24, 2.45) is 5.73 Å². The van der Waals surface area contributed by atoms with E-state index in [1.165, 1.54) is 6.42 Å². The molecule has 0 aromatic carbocycles. The second-order valence-electron chi connectivity index (χ2n) is 3.98. The van der Waals surface area contributed by atoms with E-state index < -0.39 is 5.60 Å². The molecular weight excluding hydrogens is 166 g/mol. The van der Waals surface area contributed by atoms with Crippen LogP contribution in [0, 0.1) is 0 Å². The summed E-state index contributed by atoms with van der Waals surface area (Å²) in [6.07, 6.45) is 6.21. The van der Waals surface area contributed by atoms with Gasteiger partial charge in [0.2, 0.25) is 0 Å². The summed E-state index contributed by atoms with van der Waals surface area (Å²) in [6, 6.07) is 0. The zero-order valence-electron chi connectivity index (χ0n) is 8.30. The minimum Gasteiger partial charge on any atom is -0.387 e. The molecule has 1 rings (SSSR count). The summed E-state index contributed by atoms with van der Waals surface area (Å²) in [7, 11) is 0. The molecule has 0 radical (unpaired) electrons. The van der Waals surface area contributed by atoms with Crippen molar-refractivity contribution in [1.82, 2.24) is 0 Å². The molecule has 0 saturated heterocycles. The van der Waals surface area contributed by atoms with Gasteiger partial charge in [0.25, 0.3) is 0 Å². The summed E-state index contributed by atoms with van der Waals surface area (Å²) in [6.45, 7) is 1.84. The first-order valence-electron chi connectivity index (χ1n) is 5.27. The van der Waals surface area contributed by atoms with Gasteiger partial charge in [0, 0.05) is 6.61 Å². The van der Waals surface area contributed by atoms with Gasteiger partial charge in [-0.25, -0.2) is 0 Å². The largest absolute Gasteiger partial charge is 0.387 e. The molecule has 1 aliphatic carbocycles. The van der Waals surface area contributed by atoms with Crippen LogP contribution in [0.3, 0.4) is 0 Å². The molecule has 0 heterocycles. The maximum Gasteiger partial charge on any atom is 0.0880 e. The maximum absolute atomic E-state index is 10.0. The van der Waals surface area contributed by atoms with Gasteiger partial charge in [0.05, 0.1) is 12.2 Å². The second-order valence-corrected chi connectivity index (χ2v) is 3.98. The second kappa shape index (κ2) is 5.58. The summed E-state index contributed by atoms with van der Waals surface area (Å²) in [5.41, 5.74) is 4.80. The summed E-state index contributed by atoms with van der Waals surface area (Å²) in [5.74, 6) is 0. The zero-order valence-corrected chi connectivity index (χ0v) is 8.30. The highest BCUT2D eigenvalue weighted by molar-refractivity contribution is 4.81. The van der Waals surface area contributed by atoms with Crippen molar-refractivity contribution in [3.63, 3.8) is 0 Å². The van der Waals surface area contributed by atoms with Crippen molar-refractivity contribution in [2.75, 3.05) is 19.8 Å². The predicted molar refractivity (Wildman–Crippen MR) is 52.5 cm³/mol. The first-order valence-corrected chi connectivity index (χ1v) is 5.27. The SMILES string of the molecule is NCCCOCC1(O)CCCCC1. The highest BCUT2D eigenvalue weighted by atomic mass is 16.5. The number of nitrogens with two attached hydrogens (primary N) is 1. The van der Waals surface area contributed by atoms with E-state index in [2.05, 4.69) is 0 Å². The monoisotopic (exact) mass is 187 g/mol. The molecule has 0 unspecified atom stereocenters. The third kappa shape index (κ3) is 4.07. The van der Waals surface area contributed by atoms with Crippen molar-refractivity contribution in [1.29, 1.82) is 0 Å². The van der Waals surface area contributed by atoms with E-state index in [1.807, 2.05) is 0 Å². The van der Waals surface area contributed by atoms with Gasteiger partial charge in [-0.15, -0.1) is 0 Å². The molecule has 0 bridgehead atoms. The molecule has 0 aliphatic heterocycles. The lowest BCUT2D eigenvalue weighted by molar-refractivity contribution is -0.0683. The van der Waals surface area contributed by atoms with E-state index in [0.29, 0.717) is 19.8 Å². The number of hydrogen-bond acceptors (Lipinski definition) is 3. The molecule has 1 aliphatic rings. The normalized spacial score (nSPS) is 21.7. The van der Waals surface area contributed by atoms with Gasteiger partial charge >= 0.3 is 0 Å². The van der Waals surface area contributed by atoms with Gasteiger partial charge in [-0.3, -0.25) is 0 Å². The Morgan fingerprint density at radius 3 is 2.54 bits per heavy atom. The molecule has 3 N–H and O–H groups in total. The van der Waals surface area contributed by atoms with Crippen LogP contribution in [0.1, 0.15) is 38.5 Å². The van der Waals surface area contributed by atoms with Crippen molar-refractivity contribution in [3.8, 4) is 0 Å². The fraction of sp³-hybridized carbons (Fsp3) is 1.00. The highest BCUT2D eigenvalue weighted by Gasteiger charge is 2.28. The standard InChI is InChI=1S/C10H21NO2/c11-7-4-8-13-9-10(12)5-2-1-3-6-10/h12H,1-9,11H2. The zero-order chi connectivity index (χ0) is 9.57. The van der Waals surface area contributed by atoms with Crippen LogP contribution in [0.5, 0.6) is 0 Å². The molecule has 0 aromatic heterocycles. The van der Waals surface area contributed by atoms with Crippen LogP contribution in [0.25, 0.3) is 0 Å². The summed E-state index contributed by atoms with van der Waals surface area (Å²) in [5, 5.41) is 10.0. The van der Waals surface area contributed by atoms with Gasteiger partial charge in [-0.05, 0) is 25.8 Å².